The maximum atomic E-state index is 10.3. The number of hydrogen-bond donors (Lipinski definition) is 1. The molecule has 1 heteroatoms. The van der Waals surface area contributed by atoms with Gasteiger partial charge in [0, 0.05) is 0 Å². The number of aliphatic hydroxyl groups excluding tert-OH is 1. The van der Waals surface area contributed by atoms with E-state index in [0.29, 0.717) is 0 Å². The average molecular weight is 254 g/mol. The predicted molar refractivity (Wildman–Crippen MR) is 80.2 cm³/mol. The van der Waals surface area contributed by atoms with E-state index in [-0.39, 0.29) is 6.10 Å². The average Bonchev–Trinajstić information content (AvgIpc) is 2.46. The minimum absolute atomic E-state index is 0.364. The summed E-state index contributed by atoms with van der Waals surface area (Å²) in [6.07, 6.45) is 3.56. The molecule has 0 spiro atoms. The van der Waals surface area contributed by atoms with Crippen LogP contribution in [0.5, 0.6) is 0 Å². The zero-order valence-electron chi connectivity index (χ0n) is 11.5. The lowest BCUT2D eigenvalue weighted by molar-refractivity contribution is 0.168. The maximum Gasteiger partial charge on any atom is 0.0793 e. The second kappa shape index (κ2) is 7.10. The molecule has 0 aliphatic carbocycles. The van der Waals surface area contributed by atoms with Crippen molar-refractivity contribution in [3.05, 3.63) is 71.3 Å². The van der Waals surface area contributed by atoms with Crippen molar-refractivity contribution in [3.8, 4) is 0 Å². The Balaban J connectivity index is 1.95. The van der Waals surface area contributed by atoms with Gasteiger partial charge in [0.1, 0.15) is 0 Å². The molecule has 1 unspecified atom stereocenters. The Bertz CT molecular complexity index is 490. The summed E-state index contributed by atoms with van der Waals surface area (Å²) in [5.74, 6) is 0. The van der Waals surface area contributed by atoms with E-state index < -0.39 is 0 Å². The summed E-state index contributed by atoms with van der Waals surface area (Å²) >= 11 is 0. The van der Waals surface area contributed by atoms with E-state index in [1.807, 2.05) is 30.3 Å². The highest BCUT2D eigenvalue weighted by atomic mass is 16.3. The smallest absolute Gasteiger partial charge is 0.0793 e. The van der Waals surface area contributed by atoms with Crippen LogP contribution in [0, 0.1) is 0 Å². The van der Waals surface area contributed by atoms with Gasteiger partial charge in [0.25, 0.3) is 0 Å². The number of aryl methyl sites for hydroxylation is 2. The maximum absolute atomic E-state index is 10.3. The van der Waals surface area contributed by atoms with E-state index in [1.54, 1.807) is 0 Å². The number of aliphatic hydroxyl groups is 1. The van der Waals surface area contributed by atoms with Crippen LogP contribution in [0.4, 0.5) is 0 Å². The first-order valence-corrected chi connectivity index (χ1v) is 7.10. The van der Waals surface area contributed by atoms with E-state index in [0.717, 1.165) is 31.2 Å². The van der Waals surface area contributed by atoms with Gasteiger partial charge in [-0.2, -0.15) is 0 Å². The minimum atomic E-state index is -0.364. The molecule has 0 heterocycles. The van der Waals surface area contributed by atoms with Gasteiger partial charge >= 0.3 is 0 Å². The summed E-state index contributed by atoms with van der Waals surface area (Å²) in [5, 5.41) is 10.3. The second-order valence-electron chi connectivity index (χ2n) is 5.04. The van der Waals surface area contributed by atoms with Crippen LogP contribution in [0.15, 0.2) is 54.6 Å². The van der Waals surface area contributed by atoms with Gasteiger partial charge in [-0.25, -0.2) is 0 Å². The first kappa shape index (κ1) is 13.8. The van der Waals surface area contributed by atoms with E-state index >= 15 is 0 Å². The fourth-order valence-electron chi connectivity index (χ4n) is 2.36. The number of rotatable bonds is 6. The molecule has 2 rings (SSSR count). The number of benzene rings is 2. The second-order valence-corrected chi connectivity index (χ2v) is 5.04. The largest absolute Gasteiger partial charge is 0.388 e. The zero-order valence-corrected chi connectivity index (χ0v) is 11.5. The highest BCUT2D eigenvalue weighted by Crippen LogP contribution is 2.20. The summed E-state index contributed by atoms with van der Waals surface area (Å²) in [6.45, 7) is 2.18. The van der Waals surface area contributed by atoms with Crippen LogP contribution in [0.25, 0.3) is 0 Å². The third-order valence-corrected chi connectivity index (χ3v) is 3.42. The molecule has 0 fully saturated rings. The van der Waals surface area contributed by atoms with Crippen molar-refractivity contribution < 1.29 is 5.11 Å². The third-order valence-electron chi connectivity index (χ3n) is 3.42. The zero-order chi connectivity index (χ0) is 13.5. The molecule has 2 aromatic rings. The Kier molecular flexibility index (Phi) is 5.17. The van der Waals surface area contributed by atoms with Crippen LogP contribution in [-0.4, -0.2) is 5.11 Å². The lowest BCUT2D eigenvalue weighted by Gasteiger charge is -2.12. The van der Waals surface area contributed by atoms with Crippen LogP contribution in [-0.2, 0) is 12.8 Å². The van der Waals surface area contributed by atoms with Gasteiger partial charge in [-0.15, -0.1) is 0 Å². The van der Waals surface area contributed by atoms with Crippen LogP contribution >= 0.6 is 0 Å². The van der Waals surface area contributed by atoms with Crippen molar-refractivity contribution in [1.29, 1.82) is 0 Å². The molecule has 0 bridgehead atoms. The molecule has 0 aliphatic rings. The monoisotopic (exact) mass is 254 g/mol. The fourth-order valence-corrected chi connectivity index (χ4v) is 2.36. The molecule has 0 aliphatic heterocycles. The normalized spacial score (nSPS) is 12.3. The Morgan fingerprint density at radius 2 is 1.63 bits per heavy atom. The van der Waals surface area contributed by atoms with Gasteiger partial charge in [0.15, 0.2) is 0 Å². The van der Waals surface area contributed by atoms with E-state index in [4.69, 9.17) is 0 Å². The van der Waals surface area contributed by atoms with Crippen molar-refractivity contribution >= 4 is 0 Å². The van der Waals surface area contributed by atoms with Crippen molar-refractivity contribution in [1.82, 2.24) is 0 Å². The predicted octanol–water partition coefficient (Wildman–Crippen LogP) is 4.31. The highest BCUT2D eigenvalue weighted by Gasteiger charge is 2.08. The summed E-state index contributed by atoms with van der Waals surface area (Å²) < 4.78 is 0. The quantitative estimate of drug-likeness (QED) is 0.814. The van der Waals surface area contributed by atoms with Crippen molar-refractivity contribution in [3.63, 3.8) is 0 Å². The topological polar surface area (TPSA) is 20.2 Å². The van der Waals surface area contributed by atoms with Gasteiger partial charge in [0.05, 0.1) is 6.10 Å². The molecule has 100 valence electrons. The Labute approximate surface area is 115 Å². The fraction of sp³-hybridized carbons (Fsp3) is 0.333. The summed E-state index contributed by atoms with van der Waals surface area (Å²) in [5.41, 5.74) is 3.65. The summed E-state index contributed by atoms with van der Waals surface area (Å²) in [7, 11) is 0. The summed E-state index contributed by atoms with van der Waals surface area (Å²) in [4.78, 5) is 0. The van der Waals surface area contributed by atoms with Gasteiger partial charge in [-0.1, -0.05) is 67.9 Å². The van der Waals surface area contributed by atoms with E-state index in [9.17, 15) is 5.11 Å². The Hall–Kier alpha value is -1.60. The molecular formula is C18H22O. The lowest BCUT2D eigenvalue weighted by atomic mass is 9.99. The van der Waals surface area contributed by atoms with E-state index in [2.05, 4.69) is 31.2 Å². The summed E-state index contributed by atoms with van der Waals surface area (Å²) in [6, 6.07) is 18.7. The lowest BCUT2D eigenvalue weighted by Crippen LogP contribution is -2.00. The van der Waals surface area contributed by atoms with Crippen molar-refractivity contribution in [2.24, 2.45) is 0 Å². The van der Waals surface area contributed by atoms with Gasteiger partial charge in [-0.05, 0) is 36.0 Å². The molecule has 1 atom stereocenters. The Morgan fingerprint density at radius 1 is 0.895 bits per heavy atom. The molecule has 19 heavy (non-hydrogen) atoms. The molecule has 0 aromatic heterocycles. The van der Waals surface area contributed by atoms with Crippen LogP contribution < -0.4 is 0 Å². The van der Waals surface area contributed by atoms with Crippen molar-refractivity contribution in [2.75, 3.05) is 0 Å². The molecule has 1 nitrogen and oxygen atoms in total. The standard InChI is InChI=1S/C18H22O/c1-2-7-16-10-6-11-17(14-16)18(19)13-12-15-8-4-3-5-9-15/h3-6,8-11,14,18-19H,2,7,12-13H2,1H3. The molecule has 1 N–H and O–H groups in total. The highest BCUT2D eigenvalue weighted by molar-refractivity contribution is 5.25. The minimum Gasteiger partial charge on any atom is -0.388 e. The van der Waals surface area contributed by atoms with E-state index in [1.165, 1.54) is 11.1 Å². The SMILES string of the molecule is CCCc1cccc(C(O)CCc2ccccc2)c1. The molecule has 0 saturated heterocycles. The van der Waals surface area contributed by atoms with Crippen LogP contribution in [0.1, 0.15) is 42.6 Å². The molecule has 2 aromatic carbocycles. The Morgan fingerprint density at radius 3 is 2.37 bits per heavy atom. The first-order valence-electron chi connectivity index (χ1n) is 7.10. The van der Waals surface area contributed by atoms with Crippen LogP contribution in [0.2, 0.25) is 0 Å². The van der Waals surface area contributed by atoms with Gasteiger partial charge < -0.3 is 5.11 Å². The molecule has 0 amide bonds. The molecular weight excluding hydrogens is 232 g/mol. The van der Waals surface area contributed by atoms with Crippen LogP contribution in [0.3, 0.4) is 0 Å². The third kappa shape index (κ3) is 4.22. The molecule has 0 saturated carbocycles. The van der Waals surface area contributed by atoms with Gasteiger partial charge in [-0.3, -0.25) is 0 Å². The number of hydrogen-bond acceptors (Lipinski definition) is 1. The molecule has 0 radical (unpaired) electrons. The van der Waals surface area contributed by atoms with Gasteiger partial charge in [0.2, 0.25) is 0 Å². The van der Waals surface area contributed by atoms with Crippen molar-refractivity contribution in [2.45, 2.75) is 38.7 Å². The first-order chi connectivity index (χ1) is 9.29.